The molecule has 466 valence electrons. The lowest BCUT2D eigenvalue weighted by atomic mass is 10.1. The van der Waals surface area contributed by atoms with Crippen molar-refractivity contribution in [2.24, 2.45) is 17.6 Å². The zero-order valence-corrected chi connectivity index (χ0v) is 55.4. The Morgan fingerprint density at radius 1 is 0.738 bits per heavy atom. The molecule has 32 heteroatoms. The Kier molecular flexibility index (Phi) is 22.4. The number of hydrogen-bond acceptors (Lipinski definition) is 21. The number of nitriles is 2. The van der Waals surface area contributed by atoms with Crippen LogP contribution in [0.1, 0.15) is 122 Å². The van der Waals surface area contributed by atoms with E-state index in [0.717, 1.165) is 0 Å². The monoisotopic (exact) mass is 1250 g/mol. The Balaban J connectivity index is 1.48. The summed E-state index contributed by atoms with van der Waals surface area (Å²) >= 11 is 0. The fourth-order valence-electron chi connectivity index (χ4n) is 8.67. The fourth-order valence-corrected chi connectivity index (χ4v) is 14.5. The first-order valence-electron chi connectivity index (χ1n) is 28.3. The Hall–Kier alpha value is -4.73. The van der Waals surface area contributed by atoms with Gasteiger partial charge in [0.05, 0.1) is 76.1 Å². The largest absolute Gasteiger partial charge is 0.408 e. The molecule has 2 aliphatic heterocycles. The standard InChI is InChI=1S/C52H87N15O13P2Si2/c1-29(2)43(68)60-49-58-41-37(45(70)62-49)56-27-65(41)47-39(79-83(15,16)51(9,10)11)35(55)33(77-47)26-76-82(72,75-24-20-22-54)64-36-34(25-74-81(73-23-19-21-53)67(31(5)6)32(7)8)78-48(40(36)80-84(17,18)52(12,13)14)66-28-57-38-42(66)59-50(63-46(38)71)61-44(69)30(3)4/h27-36,39-40,47-48H,19-20,23-26,55H2,1-18H3,(H,64,72)(H2,58,60,62,68,70)(H2,59,61,63,69,71)/t33-,34-,35-,36-,39?,40?,47-,48-,81?,82?/m1/s1. The number of carbonyl (C=O) groups excluding carboxylic acids is 2. The first kappa shape index (κ1) is 68.4. The van der Waals surface area contributed by atoms with E-state index in [0.29, 0.717) is 0 Å². The van der Waals surface area contributed by atoms with Crippen LogP contribution in [0.4, 0.5) is 11.9 Å². The lowest BCUT2D eigenvalue weighted by Crippen LogP contribution is -2.53. The topological polar surface area (TPSA) is 365 Å². The molecule has 2 aliphatic rings. The zero-order valence-electron chi connectivity index (χ0n) is 51.6. The second kappa shape index (κ2) is 27.5. The molecule has 0 spiro atoms. The number of nitrogens with two attached hydrogens (primary N) is 1. The van der Waals surface area contributed by atoms with E-state index in [1.165, 1.54) is 21.8 Å². The molecule has 4 aromatic rings. The van der Waals surface area contributed by atoms with Crippen LogP contribution in [0.5, 0.6) is 0 Å². The van der Waals surface area contributed by atoms with Crippen molar-refractivity contribution in [2.75, 3.05) is 37.1 Å². The van der Waals surface area contributed by atoms with Gasteiger partial charge in [0.15, 0.2) is 51.4 Å². The SMILES string of the molecule is CC(C)C(=O)Nc1nc2c(ncn2[C@@H]2O[C@H](COP(=O)(N[C@H]3C(O[Si](C)(C)C(C)(C)C)[C@H](n4cnc5c(=O)[nH]c(NC(=O)C(C)C)nc54)O[C@@H]3COP(OCCC#N)N(C(C)C)C(C)C)OCCC#N)[C@@H](N)C2O[Si](C)(C)C(C)(C)C)c(=O)[nH]1. The van der Waals surface area contributed by atoms with Crippen molar-refractivity contribution < 1.29 is 50.6 Å². The third-order valence-electron chi connectivity index (χ3n) is 15.4. The van der Waals surface area contributed by atoms with Crippen molar-refractivity contribution in [1.82, 2.24) is 48.8 Å². The van der Waals surface area contributed by atoms with Crippen LogP contribution in [0.3, 0.4) is 0 Å². The molecule has 6 heterocycles. The highest BCUT2D eigenvalue weighted by atomic mass is 31.2. The number of fused-ring (bicyclic) bond motifs is 2. The molecular formula is C52H87N15O13P2Si2. The molecule has 7 N–H and O–H groups in total. The maximum atomic E-state index is 15.9. The summed E-state index contributed by atoms with van der Waals surface area (Å²) < 4.78 is 74.9. The number of imidazole rings is 2. The highest BCUT2D eigenvalue weighted by Crippen LogP contribution is 2.52. The predicted octanol–water partition coefficient (Wildman–Crippen LogP) is 7.65. The summed E-state index contributed by atoms with van der Waals surface area (Å²) in [7, 11) is -12.2. The summed E-state index contributed by atoms with van der Waals surface area (Å²) in [5.41, 5.74) is 5.89. The first-order chi connectivity index (χ1) is 39.0. The van der Waals surface area contributed by atoms with Gasteiger partial charge in [-0.15, -0.1) is 0 Å². The van der Waals surface area contributed by atoms with Crippen LogP contribution in [0.2, 0.25) is 36.3 Å². The van der Waals surface area contributed by atoms with Crippen LogP contribution in [-0.2, 0) is 50.6 Å². The summed E-state index contributed by atoms with van der Waals surface area (Å²) in [6.45, 7) is 34.2. The number of aromatic amines is 2. The van der Waals surface area contributed by atoms with E-state index in [1.807, 2.05) is 85.4 Å². The minimum Gasteiger partial charge on any atom is -0.408 e. The number of H-pyrrole nitrogens is 2. The van der Waals surface area contributed by atoms with Crippen molar-refractivity contribution in [2.45, 2.75) is 207 Å². The van der Waals surface area contributed by atoms with Gasteiger partial charge in [-0.2, -0.15) is 20.5 Å². The highest BCUT2D eigenvalue weighted by Gasteiger charge is 2.55. The smallest absolute Gasteiger partial charge is 0.406 e. The Morgan fingerprint density at radius 3 is 1.64 bits per heavy atom. The lowest BCUT2D eigenvalue weighted by molar-refractivity contribution is -0.119. The third kappa shape index (κ3) is 15.9. The van der Waals surface area contributed by atoms with E-state index >= 15 is 4.57 Å². The van der Waals surface area contributed by atoms with Gasteiger partial charge in [-0.1, -0.05) is 69.2 Å². The van der Waals surface area contributed by atoms with Crippen LogP contribution in [0.25, 0.3) is 22.3 Å². The number of carbonyl (C=O) groups is 2. The van der Waals surface area contributed by atoms with Crippen LogP contribution in [0, 0.1) is 34.5 Å². The summed E-state index contributed by atoms with van der Waals surface area (Å²) in [5, 5.41) is 27.0. The third-order valence-corrected chi connectivity index (χ3v) is 28.0. The van der Waals surface area contributed by atoms with Crippen LogP contribution in [-0.4, -0.2) is 147 Å². The van der Waals surface area contributed by atoms with Crippen molar-refractivity contribution in [3.63, 3.8) is 0 Å². The Labute approximate surface area is 494 Å². The zero-order chi connectivity index (χ0) is 62.6. The van der Waals surface area contributed by atoms with Crippen molar-refractivity contribution in [3.8, 4) is 12.1 Å². The van der Waals surface area contributed by atoms with Crippen molar-refractivity contribution >= 4 is 78.9 Å². The lowest BCUT2D eigenvalue weighted by Gasteiger charge is -2.41. The van der Waals surface area contributed by atoms with E-state index in [2.05, 4.69) is 72.5 Å². The molecule has 0 aliphatic carbocycles. The molecular weight excluding hydrogens is 1160 g/mol. The number of anilines is 2. The number of nitrogens with one attached hydrogen (secondary N) is 5. The molecule has 6 rings (SSSR count). The molecule has 0 bridgehead atoms. The molecule has 0 saturated carbocycles. The summed E-state index contributed by atoms with van der Waals surface area (Å²) in [6, 6.07) is 1.83. The minimum atomic E-state index is -4.71. The molecule has 0 aromatic carbocycles. The molecule has 2 fully saturated rings. The molecule has 4 aromatic heterocycles. The van der Waals surface area contributed by atoms with Gasteiger partial charge in [-0.3, -0.25) is 58.0 Å². The van der Waals surface area contributed by atoms with Gasteiger partial charge in [0.1, 0.15) is 24.4 Å². The molecule has 2 saturated heterocycles. The van der Waals surface area contributed by atoms with Crippen LogP contribution < -0.4 is 32.6 Å². The van der Waals surface area contributed by atoms with Crippen molar-refractivity contribution in [3.05, 3.63) is 33.4 Å². The molecule has 0 radical (unpaired) electrons. The van der Waals surface area contributed by atoms with E-state index in [1.54, 1.807) is 27.7 Å². The quantitative estimate of drug-likeness (QED) is 0.0189. The fraction of sp³-hybridized carbons (Fsp3) is 0.731. The highest BCUT2D eigenvalue weighted by molar-refractivity contribution is 7.51. The van der Waals surface area contributed by atoms with Gasteiger partial charge in [0, 0.05) is 23.9 Å². The Bertz CT molecular complexity index is 3190. The number of aromatic nitrogens is 8. The van der Waals surface area contributed by atoms with Gasteiger partial charge in [0.2, 0.25) is 23.7 Å². The Morgan fingerprint density at radius 2 is 1.19 bits per heavy atom. The molecule has 2 amide bonds. The second-order valence-corrected chi connectivity index (χ2v) is 37.9. The van der Waals surface area contributed by atoms with Gasteiger partial charge < -0.3 is 33.1 Å². The number of amides is 2. The van der Waals surface area contributed by atoms with E-state index in [4.69, 9.17) is 42.2 Å². The van der Waals surface area contributed by atoms with Gasteiger partial charge in [-0.05, 0) is 64.0 Å². The molecule has 4 unspecified atom stereocenters. The van der Waals surface area contributed by atoms with Gasteiger partial charge in [0.25, 0.3) is 19.6 Å². The molecule has 10 atom stereocenters. The average molecular weight is 1250 g/mol. The number of nitrogens with zero attached hydrogens (tertiary/aromatic N) is 9. The second-order valence-electron chi connectivity index (χ2n) is 25.2. The van der Waals surface area contributed by atoms with Crippen molar-refractivity contribution in [1.29, 1.82) is 10.5 Å². The molecule has 28 nitrogen and oxygen atoms in total. The average Bonchev–Trinajstić information content (AvgIpc) is 1.90. The maximum absolute atomic E-state index is 15.9. The maximum Gasteiger partial charge on any atom is 0.406 e. The van der Waals surface area contributed by atoms with Gasteiger partial charge >= 0.3 is 7.75 Å². The van der Waals surface area contributed by atoms with E-state index in [-0.39, 0.29) is 89.9 Å². The normalized spacial score (nSPS) is 22.8. The first-order valence-corrected chi connectivity index (χ1v) is 36.8. The van der Waals surface area contributed by atoms with E-state index in [9.17, 15) is 29.7 Å². The van der Waals surface area contributed by atoms with E-state index < -0.39 is 122 Å². The minimum absolute atomic E-state index is 0.0305. The predicted molar refractivity (Wildman–Crippen MR) is 321 cm³/mol. The molecule has 84 heavy (non-hydrogen) atoms. The number of ether oxygens (including phenoxy) is 2. The summed E-state index contributed by atoms with van der Waals surface area (Å²) in [5.74, 6) is -1.91. The van der Waals surface area contributed by atoms with Crippen LogP contribution >= 0.6 is 16.3 Å². The summed E-state index contributed by atoms with van der Waals surface area (Å²) in [4.78, 5) is 76.1. The number of hydrogen-bond donors (Lipinski definition) is 6. The number of rotatable bonds is 27. The van der Waals surface area contributed by atoms with Gasteiger partial charge in [-0.25, -0.2) is 24.3 Å². The van der Waals surface area contributed by atoms with Crippen LogP contribution in [0.15, 0.2) is 22.2 Å². The summed E-state index contributed by atoms with van der Waals surface area (Å²) in [6.07, 6.45) is -3.91.